The van der Waals surface area contributed by atoms with Gasteiger partial charge in [-0.05, 0) is 18.2 Å². The number of para-hydroxylation sites is 1. The van der Waals surface area contributed by atoms with Crippen LogP contribution in [0, 0.1) is 10.1 Å². The van der Waals surface area contributed by atoms with Crippen molar-refractivity contribution >= 4 is 33.3 Å². The van der Waals surface area contributed by atoms with E-state index in [1.54, 1.807) is 0 Å². The Bertz CT molecular complexity index is 1140. The number of benzene rings is 2. The van der Waals surface area contributed by atoms with Gasteiger partial charge >= 0.3 is 5.97 Å². The number of carbonyl (C=O) groups excluding carboxylic acids is 2. The van der Waals surface area contributed by atoms with Crippen LogP contribution in [0.25, 0.3) is 0 Å². The van der Waals surface area contributed by atoms with Crippen LogP contribution in [0.5, 0.6) is 0 Å². The van der Waals surface area contributed by atoms with Gasteiger partial charge in [0.15, 0.2) is 6.61 Å². The van der Waals surface area contributed by atoms with E-state index in [9.17, 15) is 28.1 Å². The van der Waals surface area contributed by atoms with E-state index in [1.807, 2.05) is 0 Å². The van der Waals surface area contributed by atoms with Crippen molar-refractivity contribution in [2.75, 3.05) is 24.4 Å². The fraction of sp³-hybridized carbons (Fsp3) is 0.143. The average Bonchev–Trinajstić information content (AvgIpc) is 2.77. The molecule has 32 heavy (non-hydrogen) atoms. The highest BCUT2D eigenvalue weighted by Gasteiger charge is 2.22. The molecular weight excluding hydrogens is 438 g/mol. The lowest BCUT2D eigenvalue weighted by atomic mass is 10.2. The van der Waals surface area contributed by atoms with Crippen LogP contribution in [0.2, 0.25) is 0 Å². The first-order valence-corrected chi connectivity index (χ1v) is 10.7. The van der Waals surface area contributed by atoms with Crippen LogP contribution in [0.3, 0.4) is 0 Å². The number of amides is 1. The van der Waals surface area contributed by atoms with Crippen LogP contribution in [0.15, 0.2) is 78.7 Å². The molecular formula is C21H21N3O7S. The highest BCUT2D eigenvalue weighted by atomic mass is 32.2. The summed E-state index contributed by atoms with van der Waals surface area (Å²) in [7, 11) is -4.24. The van der Waals surface area contributed by atoms with Gasteiger partial charge in [0.1, 0.15) is 0 Å². The third-order valence-corrected chi connectivity index (χ3v) is 5.47. The monoisotopic (exact) mass is 459 g/mol. The van der Waals surface area contributed by atoms with Gasteiger partial charge in [-0.3, -0.25) is 19.6 Å². The highest BCUT2D eigenvalue weighted by Crippen LogP contribution is 2.23. The van der Waals surface area contributed by atoms with E-state index >= 15 is 0 Å². The van der Waals surface area contributed by atoms with Crippen molar-refractivity contribution in [1.29, 1.82) is 0 Å². The number of anilines is 1. The second kappa shape index (κ2) is 10.9. The van der Waals surface area contributed by atoms with Crippen LogP contribution in [0.1, 0.15) is 10.4 Å². The van der Waals surface area contributed by atoms with Gasteiger partial charge < -0.3 is 9.64 Å². The third kappa shape index (κ3) is 6.25. The van der Waals surface area contributed by atoms with Crippen molar-refractivity contribution in [3.63, 3.8) is 0 Å². The molecule has 1 amide bonds. The van der Waals surface area contributed by atoms with Crippen molar-refractivity contribution in [2.24, 2.45) is 0 Å². The zero-order valence-electron chi connectivity index (χ0n) is 17.0. The smallest absolute Gasteiger partial charge is 0.340 e. The summed E-state index contributed by atoms with van der Waals surface area (Å²) in [6, 6.07) is 10.1. The molecule has 0 unspecified atom stereocenters. The zero-order chi connectivity index (χ0) is 23.7. The number of nitrogens with zero attached hydrogens (tertiary/aromatic N) is 2. The lowest BCUT2D eigenvalue weighted by Gasteiger charge is -2.19. The van der Waals surface area contributed by atoms with Crippen LogP contribution >= 0.6 is 0 Å². The van der Waals surface area contributed by atoms with Gasteiger partial charge in [0.25, 0.3) is 21.6 Å². The SMILES string of the molecule is C=CCN(CC=C)C(=O)COC(=O)c1ccccc1NS(=O)(=O)c1cccc([N+](=O)[O-])c1. The molecule has 0 spiro atoms. The Morgan fingerprint density at radius 1 is 1.09 bits per heavy atom. The average molecular weight is 459 g/mol. The van der Waals surface area contributed by atoms with E-state index in [-0.39, 0.29) is 29.2 Å². The van der Waals surface area contributed by atoms with Crippen molar-refractivity contribution in [2.45, 2.75) is 4.90 Å². The summed E-state index contributed by atoms with van der Waals surface area (Å²) in [6.07, 6.45) is 3.03. The Morgan fingerprint density at radius 2 is 1.75 bits per heavy atom. The van der Waals surface area contributed by atoms with Gasteiger partial charge in [0.2, 0.25) is 0 Å². The molecule has 1 N–H and O–H groups in total. The first-order valence-electron chi connectivity index (χ1n) is 9.22. The second-order valence-electron chi connectivity index (χ2n) is 6.36. The van der Waals surface area contributed by atoms with E-state index < -0.39 is 39.1 Å². The van der Waals surface area contributed by atoms with E-state index in [2.05, 4.69) is 17.9 Å². The number of esters is 1. The van der Waals surface area contributed by atoms with Gasteiger partial charge in [-0.2, -0.15) is 0 Å². The molecule has 2 aromatic rings. The lowest BCUT2D eigenvalue weighted by molar-refractivity contribution is -0.385. The molecule has 0 aliphatic rings. The number of nitro benzene ring substituents is 1. The summed E-state index contributed by atoms with van der Waals surface area (Å²) in [6.45, 7) is 7.02. The van der Waals surface area contributed by atoms with Crippen molar-refractivity contribution in [1.82, 2.24) is 4.90 Å². The maximum atomic E-state index is 12.7. The fourth-order valence-electron chi connectivity index (χ4n) is 2.60. The maximum absolute atomic E-state index is 12.7. The quantitative estimate of drug-likeness (QED) is 0.236. The number of hydrogen-bond donors (Lipinski definition) is 1. The number of hydrogen-bond acceptors (Lipinski definition) is 7. The molecule has 0 aliphatic carbocycles. The Labute approximate surface area is 185 Å². The summed E-state index contributed by atoms with van der Waals surface area (Å²) >= 11 is 0. The number of ether oxygens (including phenoxy) is 1. The number of rotatable bonds is 11. The molecule has 0 heterocycles. The van der Waals surface area contributed by atoms with Crippen molar-refractivity contribution < 1.29 is 27.7 Å². The largest absolute Gasteiger partial charge is 0.452 e. The number of non-ortho nitro benzene ring substituents is 1. The number of sulfonamides is 1. The molecule has 2 aromatic carbocycles. The lowest BCUT2D eigenvalue weighted by Crippen LogP contribution is -2.35. The van der Waals surface area contributed by atoms with Crippen LogP contribution in [0.4, 0.5) is 11.4 Å². The molecule has 11 heteroatoms. The molecule has 0 bridgehead atoms. The third-order valence-electron chi connectivity index (χ3n) is 4.11. The van der Waals surface area contributed by atoms with E-state index in [4.69, 9.17) is 4.74 Å². The Balaban J connectivity index is 2.20. The van der Waals surface area contributed by atoms with Gasteiger partial charge in [0, 0.05) is 25.2 Å². The first kappa shape index (κ1) is 24.3. The van der Waals surface area contributed by atoms with Crippen molar-refractivity contribution in [3.8, 4) is 0 Å². The molecule has 0 saturated carbocycles. The predicted molar refractivity (Wildman–Crippen MR) is 118 cm³/mol. The summed E-state index contributed by atoms with van der Waals surface area (Å²) < 4.78 is 32.7. The van der Waals surface area contributed by atoms with Crippen LogP contribution < -0.4 is 4.72 Å². The van der Waals surface area contributed by atoms with E-state index in [0.717, 1.165) is 12.1 Å². The molecule has 168 valence electrons. The Hall–Kier alpha value is -3.99. The minimum absolute atomic E-state index is 0.106. The van der Waals surface area contributed by atoms with Gasteiger partial charge in [-0.1, -0.05) is 30.4 Å². The summed E-state index contributed by atoms with van der Waals surface area (Å²) in [5, 5.41) is 10.9. The van der Waals surface area contributed by atoms with Crippen LogP contribution in [-0.2, 0) is 19.6 Å². The number of nitro groups is 1. The van der Waals surface area contributed by atoms with Gasteiger partial charge in [-0.15, -0.1) is 13.2 Å². The molecule has 0 fully saturated rings. The molecule has 0 atom stereocenters. The molecule has 0 aromatic heterocycles. The van der Waals surface area contributed by atoms with Gasteiger partial charge in [0.05, 0.1) is 21.1 Å². The van der Waals surface area contributed by atoms with Gasteiger partial charge in [-0.25, -0.2) is 13.2 Å². The topological polar surface area (TPSA) is 136 Å². The number of carbonyl (C=O) groups is 2. The fourth-order valence-corrected chi connectivity index (χ4v) is 3.72. The Morgan fingerprint density at radius 3 is 2.38 bits per heavy atom. The van der Waals surface area contributed by atoms with Crippen molar-refractivity contribution in [3.05, 3.63) is 89.5 Å². The van der Waals surface area contributed by atoms with E-state index in [1.165, 1.54) is 53.5 Å². The van der Waals surface area contributed by atoms with Crippen LogP contribution in [-0.4, -0.2) is 49.8 Å². The summed E-state index contributed by atoms with van der Waals surface area (Å²) in [5.74, 6) is -1.40. The summed E-state index contributed by atoms with van der Waals surface area (Å²) in [5.41, 5.74) is -0.638. The molecule has 0 aliphatic heterocycles. The number of nitrogens with one attached hydrogen (secondary N) is 1. The summed E-state index contributed by atoms with van der Waals surface area (Å²) in [4.78, 5) is 36.0. The predicted octanol–water partition coefficient (Wildman–Crippen LogP) is 2.75. The van der Waals surface area contributed by atoms with E-state index in [0.29, 0.717) is 0 Å². The minimum Gasteiger partial charge on any atom is -0.452 e. The zero-order valence-corrected chi connectivity index (χ0v) is 17.8. The maximum Gasteiger partial charge on any atom is 0.340 e. The molecule has 2 rings (SSSR count). The Kier molecular flexibility index (Phi) is 8.24. The second-order valence-corrected chi connectivity index (χ2v) is 8.04. The minimum atomic E-state index is -4.24. The molecule has 0 radical (unpaired) electrons. The normalized spacial score (nSPS) is 10.6. The first-order chi connectivity index (χ1) is 15.2. The molecule has 0 saturated heterocycles. The highest BCUT2D eigenvalue weighted by molar-refractivity contribution is 7.92. The molecule has 10 nitrogen and oxygen atoms in total. The standard InChI is InChI=1S/C21H21N3O7S/c1-3-12-23(13-4-2)20(25)15-31-21(26)18-10-5-6-11-19(18)22-32(29,30)17-9-7-8-16(14-17)24(27)28/h3-11,14,22H,1-2,12-13,15H2.